The predicted octanol–water partition coefficient (Wildman–Crippen LogP) is 2.49. The Labute approximate surface area is 113 Å². The number of carboxylic acid groups (broad SMARTS) is 1. The van der Waals surface area contributed by atoms with Crippen molar-refractivity contribution >= 4 is 34.4 Å². The average molecular weight is 274 g/mol. The Balaban J connectivity index is 2.04. The molecule has 0 aliphatic heterocycles. The van der Waals surface area contributed by atoms with Crippen LogP contribution in [0.1, 0.15) is 15.2 Å². The van der Waals surface area contributed by atoms with Crippen molar-refractivity contribution in [3.63, 3.8) is 0 Å². The molecule has 2 rings (SSSR count). The van der Waals surface area contributed by atoms with Gasteiger partial charge in [0.15, 0.2) is 5.13 Å². The van der Waals surface area contributed by atoms with Gasteiger partial charge >= 0.3 is 5.97 Å². The fourth-order valence-corrected chi connectivity index (χ4v) is 2.05. The van der Waals surface area contributed by atoms with E-state index in [2.05, 4.69) is 10.3 Å². The fourth-order valence-electron chi connectivity index (χ4n) is 1.33. The average Bonchev–Trinajstić information content (AvgIpc) is 2.85. The molecule has 2 aromatic rings. The van der Waals surface area contributed by atoms with Crippen LogP contribution in [-0.2, 0) is 4.79 Å². The van der Waals surface area contributed by atoms with Crippen LogP contribution in [0.15, 0.2) is 42.6 Å². The first-order valence-corrected chi connectivity index (χ1v) is 6.20. The number of rotatable bonds is 4. The molecular formula is C13H10N2O3S. The van der Waals surface area contributed by atoms with Crippen LogP contribution in [0.25, 0.3) is 6.08 Å². The van der Waals surface area contributed by atoms with Gasteiger partial charge in [0, 0.05) is 22.7 Å². The molecule has 1 heterocycles. The maximum atomic E-state index is 11.8. The molecule has 0 spiro atoms. The van der Waals surface area contributed by atoms with E-state index >= 15 is 0 Å². The van der Waals surface area contributed by atoms with Crippen molar-refractivity contribution in [2.24, 2.45) is 0 Å². The lowest BCUT2D eigenvalue weighted by Gasteiger charge is -2.00. The molecule has 2 N–H and O–H groups in total. The largest absolute Gasteiger partial charge is 0.478 e. The molecular weight excluding hydrogens is 264 g/mol. The van der Waals surface area contributed by atoms with Crippen molar-refractivity contribution in [3.05, 3.63) is 53.0 Å². The summed E-state index contributed by atoms with van der Waals surface area (Å²) in [5, 5.41) is 11.6. The molecule has 0 aliphatic rings. The third-order valence-corrected chi connectivity index (χ3v) is 3.05. The summed E-state index contributed by atoms with van der Waals surface area (Å²) in [6, 6.07) is 8.78. The molecule has 19 heavy (non-hydrogen) atoms. The number of amides is 1. The third kappa shape index (κ3) is 3.75. The zero-order chi connectivity index (χ0) is 13.7. The highest BCUT2D eigenvalue weighted by molar-refractivity contribution is 7.16. The number of aromatic nitrogens is 1. The third-order valence-electron chi connectivity index (χ3n) is 2.17. The van der Waals surface area contributed by atoms with Crippen LogP contribution in [0.5, 0.6) is 0 Å². The number of anilines is 1. The van der Waals surface area contributed by atoms with Gasteiger partial charge in [-0.1, -0.05) is 29.5 Å². The Morgan fingerprint density at radius 1 is 1.26 bits per heavy atom. The van der Waals surface area contributed by atoms with Crippen molar-refractivity contribution < 1.29 is 14.7 Å². The summed E-state index contributed by atoms with van der Waals surface area (Å²) < 4.78 is 0. The second-order valence-corrected chi connectivity index (χ2v) is 4.62. The highest BCUT2D eigenvalue weighted by Gasteiger charge is 2.07. The monoisotopic (exact) mass is 274 g/mol. The zero-order valence-corrected chi connectivity index (χ0v) is 10.6. The first-order valence-electron chi connectivity index (χ1n) is 5.38. The van der Waals surface area contributed by atoms with Crippen LogP contribution in [0, 0.1) is 0 Å². The molecule has 0 fully saturated rings. The molecule has 0 bridgehead atoms. The summed E-state index contributed by atoms with van der Waals surface area (Å²) >= 11 is 1.20. The van der Waals surface area contributed by atoms with Gasteiger partial charge in [0.05, 0.1) is 0 Å². The molecule has 6 heteroatoms. The minimum absolute atomic E-state index is 0.247. The molecule has 0 saturated carbocycles. The lowest BCUT2D eigenvalue weighted by Crippen LogP contribution is -2.11. The van der Waals surface area contributed by atoms with Gasteiger partial charge in [-0.25, -0.2) is 9.78 Å². The Morgan fingerprint density at radius 2 is 2.00 bits per heavy atom. The summed E-state index contributed by atoms with van der Waals surface area (Å²) in [6.45, 7) is 0. The van der Waals surface area contributed by atoms with Crippen molar-refractivity contribution in [2.75, 3.05) is 5.32 Å². The van der Waals surface area contributed by atoms with Crippen LogP contribution < -0.4 is 5.32 Å². The van der Waals surface area contributed by atoms with Crippen LogP contribution in [0.2, 0.25) is 0 Å². The van der Waals surface area contributed by atoms with Gasteiger partial charge in [0.1, 0.15) is 0 Å². The molecule has 0 saturated heterocycles. The first-order chi connectivity index (χ1) is 9.15. The van der Waals surface area contributed by atoms with E-state index in [0.29, 0.717) is 15.6 Å². The molecule has 0 atom stereocenters. The van der Waals surface area contributed by atoms with Crippen molar-refractivity contribution in [1.82, 2.24) is 4.98 Å². The SMILES string of the molecule is O=C(O)C=Cc1cnc(NC(=O)c2ccccc2)s1. The molecule has 0 unspecified atom stereocenters. The zero-order valence-electron chi connectivity index (χ0n) is 9.74. The predicted molar refractivity (Wildman–Crippen MR) is 73.2 cm³/mol. The van der Waals surface area contributed by atoms with Crippen molar-refractivity contribution in [3.8, 4) is 0 Å². The fraction of sp³-hybridized carbons (Fsp3) is 0. The lowest BCUT2D eigenvalue weighted by molar-refractivity contribution is -0.131. The first kappa shape index (κ1) is 13.0. The van der Waals surface area contributed by atoms with E-state index in [1.165, 1.54) is 23.6 Å². The number of carbonyl (C=O) groups excluding carboxylic acids is 1. The Bertz CT molecular complexity index is 620. The topological polar surface area (TPSA) is 79.3 Å². The molecule has 0 aliphatic carbocycles. The van der Waals surface area contributed by atoms with E-state index in [9.17, 15) is 9.59 Å². The number of hydrogen-bond donors (Lipinski definition) is 2. The van der Waals surface area contributed by atoms with Crippen LogP contribution in [0.3, 0.4) is 0 Å². The number of nitrogens with one attached hydrogen (secondary N) is 1. The van der Waals surface area contributed by atoms with Crippen molar-refractivity contribution in [2.45, 2.75) is 0 Å². The number of thiazole rings is 1. The van der Waals surface area contributed by atoms with Gasteiger partial charge in [-0.2, -0.15) is 0 Å². The second kappa shape index (κ2) is 5.92. The minimum Gasteiger partial charge on any atom is -0.478 e. The minimum atomic E-state index is -1.02. The molecule has 96 valence electrons. The molecule has 1 amide bonds. The van der Waals surface area contributed by atoms with Gasteiger partial charge in [-0.05, 0) is 18.2 Å². The van der Waals surface area contributed by atoms with E-state index in [1.54, 1.807) is 24.3 Å². The van der Waals surface area contributed by atoms with E-state index in [1.807, 2.05) is 6.07 Å². The summed E-state index contributed by atoms with van der Waals surface area (Å²) in [5.41, 5.74) is 0.542. The number of nitrogens with zero attached hydrogens (tertiary/aromatic N) is 1. The highest BCUT2D eigenvalue weighted by atomic mass is 32.1. The lowest BCUT2D eigenvalue weighted by atomic mass is 10.2. The molecule has 0 radical (unpaired) electrons. The maximum Gasteiger partial charge on any atom is 0.328 e. The normalized spacial score (nSPS) is 10.5. The number of aliphatic carboxylic acids is 1. The smallest absolute Gasteiger partial charge is 0.328 e. The molecule has 1 aromatic heterocycles. The number of benzene rings is 1. The van der Waals surface area contributed by atoms with Gasteiger partial charge in [0.25, 0.3) is 5.91 Å². The Kier molecular flexibility index (Phi) is 4.04. The molecule has 5 nitrogen and oxygen atoms in total. The maximum absolute atomic E-state index is 11.8. The molecule has 1 aromatic carbocycles. The number of carbonyl (C=O) groups is 2. The van der Waals surface area contributed by atoms with Gasteiger partial charge in [0.2, 0.25) is 0 Å². The van der Waals surface area contributed by atoms with E-state index in [4.69, 9.17) is 5.11 Å². The summed E-state index contributed by atoms with van der Waals surface area (Å²) in [7, 11) is 0. The Hall–Kier alpha value is -2.47. The van der Waals surface area contributed by atoms with Crippen LogP contribution >= 0.6 is 11.3 Å². The quantitative estimate of drug-likeness (QED) is 0.839. The highest BCUT2D eigenvalue weighted by Crippen LogP contribution is 2.20. The van der Waals surface area contributed by atoms with E-state index in [-0.39, 0.29) is 5.91 Å². The van der Waals surface area contributed by atoms with E-state index in [0.717, 1.165) is 6.08 Å². The second-order valence-electron chi connectivity index (χ2n) is 3.56. The van der Waals surface area contributed by atoms with Gasteiger partial charge in [-0.3, -0.25) is 10.1 Å². The van der Waals surface area contributed by atoms with Crippen LogP contribution in [0.4, 0.5) is 5.13 Å². The summed E-state index contributed by atoms with van der Waals surface area (Å²) in [6.07, 6.45) is 3.96. The number of carboxylic acids is 1. The Morgan fingerprint density at radius 3 is 2.68 bits per heavy atom. The standard InChI is InChI=1S/C13H10N2O3S/c16-11(17)7-6-10-8-14-13(19-10)15-12(18)9-4-2-1-3-5-9/h1-8H,(H,16,17)(H,14,15,18). The summed E-state index contributed by atoms with van der Waals surface area (Å²) in [4.78, 5) is 26.9. The number of hydrogen-bond acceptors (Lipinski definition) is 4. The van der Waals surface area contributed by atoms with Crippen LogP contribution in [-0.4, -0.2) is 22.0 Å². The van der Waals surface area contributed by atoms with Gasteiger partial charge < -0.3 is 5.11 Å². The van der Waals surface area contributed by atoms with Crippen molar-refractivity contribution in [1.29, 1.82) is 0 Å². The van der Waals surface area contributed by atoms with E-state index < -0.39 is 5.97 Å². The summed E-state index contributed by atoms with van der Waals surface area (Å²) in [5.74, 6) is -1.27. The van der Waals surface area contributed by atoms with Gasteiger partial charge in [-0.15, -0.1) is 0 Å².